The van der Waals surface area contributed by atoms with Gasteiger partial charge in [-0.2, -0.15) is 5.10 Å². The summed E-state index contributed by atoms with van der Waals surface area (Å²) < 4.78 is 1.69. The number of rotatable bonds is 6. The number of aliphatic hydroxyl groups is 1. The van der Waals surface area contributed by atoms with Gasteiger partial charge in [-0.15, -0.1) is 0 Å². The molecule has 5 heteroatoms. The average molecular weight is 251 g/mol. The summed E-state index contributed by atoms with van der Waals surface area (Å²) in [7, 11) is 1.82. The smallest absolute Gasteiger partial charge is 0.244 e. The van der Waals surface area contributed by atoms with Gasteiger partial charge in [-0.1, -0.05) is 13.8 Å². The van der Waals surface area contributed by atoms with Gasteiger partial charge >= 0.3 is 0 Å². The summed E-state index contributed by atoms with van der Waals surface area (Å²) in [6, 6.07) is 1.83. The lowest BCUT2D eigenvalue weighted by Gasteiger charge is -2.20. The van der Waals surface area contributed by atoms with Gasteiger partial charge < -0.3 is 10.4 Å². The van der Waals surface area contributed by atoms with Crippen molar-refractivity contribution < 1.29 is 9.90 Å². The minimum Gasteiger partial charge on any atom is -0.396 e. The Kier molecular flexibility index (Phi) is 5.58. The van der Waals surface area contributed by atoms with Crippen LogP contribution in [0.4, 0.5) is 0 Å². The molecule has 1 atom stereocenters. The molecular formula is C13H21N3O2. The maximum Gasteiger partial charge on any atom is 0.244 e. The Hall–Kier alpha value is -1.62. The van der Waals surface area contributed by atoms with E-state index in [1.165, 1.54) is 6.08 Å². The number of carbonyl (C=O) groups excluding carboxylic acids is 1. The lowest BCUT2D eigenvalue weighted by molar-refractivity contribution is -0.117. The van der Waals surface area contributed by atoms with Crippen LogP contribution in [-0.4, -0.2) is 33.4 Å². The quantitative estimate of drug-likeness (QED) is 0.740. The minimum atomic E-state index is -0.150. The molecule has 1 aromatic rings. The van der Waals surface area contributed by atoms with Gasteiger partial charge in [0, 0.05) is 32.0 Å². The Morgan fingerprint density at radius 2 is 2.33 bits per heavy atom. The van der Waals surface area contributed by atoms with Gasteiger partial charge in [-0.05, 0) is 24.5 Å². The summed E-state index contributed by atoms with van der Waals surface area (Å²) in [6.45, 7) is 4.12. The van der Waals surface area contributed by atoms with E-state index in [0.717, 1.165) is 5.69 Å². The molecule has 2 N–H and O–H groups in total. The fraction of sp³-hybridized carbons (Fsp3) is 0.538. The Morgan fingerprint density at radius 1 is 1.61 bits per heavy atom. The van der Waals surface area contributed by atoms with Gasteiger partial charge in [0.25, 0.3) is 0 Å². The van der Waals surface area contributed by atoms with Crippen LogP contribution in [0.1, 0.15) is 26.0 Å². The van der Waals surface area contributed by atoms with Gasteiger partial charge in [0.15, 0.2) is 0 Å². The van der Waals surface area contributed by atoms with Crippen molar-refractivity contribution >= 4 is 12.0 Å². The molecule has 0 spiro atoms. The summed E-state index contributed by atoms with van der Waals surface area (Å²) in [5.74, 6) is 0.148. The Bertz CT molecular complexity index is 410. The molecule has 0 saturated carbocycles. The van der Waals surface area contributed by atoms with E-state index in [1.54, 1.807) is 17.0 Å². The van der Waals surface area contributed by atoms with E-state index >= 15 is 0 Å². The van der Waals surface area contributed by atoms with Crippen LogP contribution in [0.2, 0.25) is 0 Å². The van der Waals surface area contributed by atoms with Crippen molar-refractivity contribution in [1.82, 2.24) is 15.1 Å². The highest BCUT2D eigenvalue weighted by molar-refractivity contribution is 5.91. The first-order valence-electron chi connectivity index (χ1n) is 6.12. The predicted octanol–water partition coefficient (Wildman–Crippen LogP) is 0.957. The molecule has 1 heterocycles. The molecule has 0 aliphatic carbocycles. The molecule has 5 nitrogen and oxygen atoms in total. The summed E-state index contributed by atoms with van der Waals surface area (Å²) in [4.78, 5) is 11.7. The van der Waals surface area contributed by atoms with E-state index in [2.05, 4.69) is 10.4 Å². The molecule has 1 amide bonds. The van der Waals surface area contributed by atoms with Crippen LogP contribution < -0.4 is 5.32 Å². The van der Waals surface area contributed by atoms with Gasteiger partial charge in [0.1, 0.15) is 0 Å². The molecule has 0 fully saturated rings. The molecule has 0 saturated heterocycles. The van der Waals surface area contributed by atoms with Crippen molar-refractivity contribution in [2.75, 3.05) is 6.61 Å². The lowest BCUT2D eigenvalue weighted by Crippen LogP contribution is -2.38. The van der Waals surface area contributed by atoms with E-state index in [4.69, 9.17) is 5.11 Å². The van der Waals surface area contributed by atoms with E-state index < -0.39 is 0 Å². The van der Waals surface area contributed by atoms with Crippen molar-refractivity contribution in [3.63, 3.8) is 0 Å². The Labute approximate surface area is 108 Å². The van der Waals surface area contributed by atoms with Crippen LogP contribution in [0.15, 0.2) is 18.3 Å². The molecule has 1 unspecified atom stereocenters. The number of carbonyl (C=O) groups is 1. The third-order valence-electron chi connectivity index (χ3n) is 2.84. The molecule has 0 aliphatic rings. The summed E-state index contributed by atoms with van der Waals surface area (Å²) >= 11 is 0. The fourth-order valence-corrected chi connectivity index (χ4v) is 1.65. The second-order valence-corrected chi connectivity index (χ2v) is 4.58. The Morgan fingerprint density at radius 3 is 2.83 bits per heavy atom. The zero-order chi connectivity index (χ0) is 13.5. The molecular weight excluding hydrogens is 230 g/mol. The normalized spacial score (nSPS) is 13.2. The molecule has 0 aromatic carbocycles. The maximum absolute atomic E-state index is 11.7. The first kappa shape index (κ1) is 14.4. The Balaban J connectivity index is 2.55. The van der Waals surface area contributed by atoms with Crippen LogP contribution in [0.5, 0.6) is 0 Å². The van der Waals surface area contributed by atoms with Crippen LogP contribution >= 0.6 is 0 Å². The number of nitrogens with one attached hydrogen (secondary N) is 1. The fourth-order valence-electron chi connectivity index (χ4n) is 1.65. The topological polar surface area (TPSA) is 67.2 Å². The van der Waals surface area contributed by atoms with Gasteiger partial charge in [0.05, 0.1) is 5.69 Å². The predicted molar refractivity (Wildman–Crippen MR) is 70.7 cm³/mol. The second kappa shape index (κ2) is 6.96. The van der Waals surface area contributed by atoms with Gasteiger partial charge in [-0.25, -0.2) is 0 Å². The van der Waals surface area contributed by atoms with Crippen molar-refractivity contribution in [3.05, 3.63) is 24.0 Å². The SMILES string of the molecule is CC(C)C(CCO)NC(=O)/C=C/c1ccnn1C. The number of nitrogens with zero attached hydrogens (tertiary/aromatic N) is 2. The summed E-state index contributed by atoms with van der Waals surface area (Å²) in [6.07, 6.45) is 5.46. The highest BCUT2D eigenvalue weighted by atomic mass is 16.3. The molecule has 1 rings (SSSR count). The molecule has 18 heavy (non-hydrogen) atoms. The maximum atomic E-state index is 11.7. The van der Waals surface area contributed by atoms with E-state index in [1.807, 2.05) is 27.0 Å². The van der Waals surface area contributed by atoms with E-state index in [9.17, 15) is 4.79 Å². The third kappa shape index (κ3) is 4.33. The van der Waals surface area contributed by atoms with Crippen molar-refractivity contribution in [2.45, 2.75) is 26.3 Å². The number of hydrogen-bond donors (Lipinski definition) is 2. The van der Waals surface area contributed by atoms with Crippen LogP contribution in [0.25, 0.3) is 6.08 Å². The number of aryl methyl sites for hydroxylation is 1. The summed E-state index contributed by atoms with van der Waals surface area (Å²) in [5, 5.41) is 15.8. The first-order chi connectivity index (χ1) is 8.54. The molecule has 0 radical (unpaired) electrons. The zero-order valence-corrected chi connectivity index (χ0v) is 11.1. The van der Waals surface area contributed by atoms with Crippen LogP contribution in [-0.2, 0) is 11.8 Å². The molecule has 100 valence electrons. The van der Waals surface area contributed by atoms with Crippen LogP contribution in [0, 0.1) is 5.92 Å². The van der Waals surface area contributed by atoms with Crippen LogP contribution in [0.3, 0.4) is 0 Å². The number of aromatic nitrogens is 2. The van der Waals surface area contributed by atoms with Gasteiger partial charge in [-0.3, -0.25) is 9.48 Å². The number of hydrogen-bond acceptors (Lipinski definition) is 3. The molecule has 0 aliphatic heterocycles. The monoisotopic (exact) mass is 251 g/mol. The zero-order valence-electron chi connectivity index (χ0n) is 11.1. The molecule has 0 bridgehead atoms. The third-order valence-corrected chi connectivity index (χ3v) is 2.84. The van der Waals surface area contributed by atoms with Crippen molar-refractivity contribution in [1.29, 1.82) is 0 Å². The highest BCUT2D eigenvalue weighted by Crippen LogP contribution is 2.06. The second-order valence-electron chi connectivity index (χ2n) is 4.58. The van der Waals surface area contributed by atoms with E-state index in [-0.39, 0.29) is 18.6 Å². The number of aliphatic hydroxyl groups excluding tert-OH is 1. The standard InChI is InChI=1S/C13H21N3O2/c1-10(2)12(7-9-17)15-13(18)5-4-11-6-8-14-16(11)3/h4-6,8,10,12,17H,7,9H2,1-3H3,(H,15,18)/b5-4+. The number of amides is 1. The lowest BCUT2D eigenvalue weighted by atomic mass is 10.0. The van der Waals surface area contributed by atoms with Crippen molar-refractivity contribution in [3.8, 4) is 0 Å². The average Bonchev–Trinajstić information content (AvgIpc) is 2.71. The molecule has 1 aromatic heterocycles. The van der Waals surface area contributed by atoms with Crippen molar-refractivity contribution in [2.24, 2.45) is 13.0 Å². The first-order valence-corrected chi connectivity index (χ1v) is 6.12. The van der Waals surface area contributed by atoms with E-state index in [0.29, 0.717) is 12.3 Å². The highest BCUT2D eigenvalue weighted by Gasteiger charge is 2.13. The minimum absolute atomic E-state index is 0.00122. The van der Waals surface area contributed by atoms with Gasteiger partial charge in [0.2, 0.25) is 5.91 Å². The largest absolute Gasteiger partial charge is 0.396 e. The summed E-state index contributed by atoms with van der Waals surface area (Å²) in [5.41, 5.74) is 0.869.